The fourth-order valence-electron chi connectivity index (χ4n) is 10.2. The van der Waals surface area contributed by atoms with E-state index in [4.69, 9.17) is 9.84 Å². The van der Waals surface area contributed by atoms with E-state index in [1.165, 1.54) is 49.2 Å². The fraction of sp³-hybridized carbons (Fsp3) is 0.542. The van der Waals surface area contributed by atoms with Gasteiger partial charge in [-0.15, -0.1) is 0 Å². The Morgan fingerprint density at radius 1 is 0.417 bits per heavy atom. The van der Waals surface area contributed by atoms with E-state index in [1.807, 2.05) is 10.6 Å². The Hall–Kier alpha value is -9.77. The molecule has 0 aromatic heterocycles. The van der Waals surface area contributed by atoms with Gasteiger partial charge < -0.3 is 108 Å². The van der Waals surface area contributed by atoms with Crippen LogP contribution < -0.4 is 47.3 Å². The van der Waals surface area contributed by atoms with Gasteiger partial charge in [-0.2, -0.15) is 0 Å². The van der Waals surface area contributed by atoms with Gasteiger partial charge in [0, 0.05) is 91.0 Å². The first-order valence-corrected chi connectivity index (χ1v) is 35.0. The van der Waals surface area contributed by atoms with Crippen molar-refractivity contribution in [3.63, 3.8) is 0 Å². The molecule has 0 aliphatic carbocycles. The number of aliphatic carboxylic acids is 8. The van der Waals surface area contributed by atoms with Crippen molar-refractivity contribution < 1.29 is 146 Å². The summed E-state index contributed by atoms with van der Waals surface area (Å²) in [5.74, 6) is -16.8. The van der Waals surface area contributed by atoms with E-state index in [1.54, 1.807) is 30.3 Å². The molecule has 0 radical (unpaired) electrons. The number of carbonyl (C=O) groups is 15. The normalized spacial score (nSPS) is 15.4. The number of hydrogen-bond acceptors (Lipinski definition) is 22. The molecule has 20 N–H and O–H groups in total. The van der Waals surface area contributed by atoms with Crippen molar-refractivity contribution >= 4 is 104 Å². The van der Waals surface area contributed by atoms with Crippen LogP contribution in [0, 0.1) is 0 Å². The largest absolute Gasteiger partial charge is 0.484 e. The Balaban J connectivity index is 1.58. The molecule has 6 atom stereocenters. The number of carboxylic acid groups (broad SMARTS) is 8. The number of urea groups is 1. The lowest BCUT2D eigenvalue weighted by molar-refractivity contribution is -0.146. The van der Waals surface area contributed by atoms with E-state index < -0.39 is 218 Å². The van der Waals surface area contributed by atoms with Crippen LogP contribution in [0.15, 0.2) is 54.6 Å². The average Bonchev–Trinajstić information content (AvgIpc) is 0.831. The van der Waals surface area contributed by atoms with Crippen LogP contribution >= 0.6 is 15.2 Å². The molecule has 1 fully saturated rings. The summed E-state index contributed by atoms with van der Waals surface area (Å²) in [6.45, 7) is -5.32. The first-order chi connectivity index (χ1) is 48.3. The van der Waals surface area contributed by atoms with Gasteiger partial charge in [0.2, 0.25) is 35.1 Å². The molecule has 2 aromatic rings. The van der Waals surface area contributed by atoms with Crippen molar-refractivity contribution in [2.24, 2.45) is 0 Å². The zero-order chi connectivity index (χ0) is 77.1. The second-order valence-electron chi connectivity index (χ2n) is 23.4. The van der Waals surface area contributed by atoms with E-state index in [0.717, 1.165) is 0 Å². The molecule has 572 valence electrons. The molecule has 103 heavy (non-hydrogen) atoms. The standard InChI is InChI=1S/C59H86N12O30P2/c72-44(16-14-42(56(90)91)70-24-20-68(32-50(79)80)22-26-71(27-23-69(21-25-70)33-51(81)82)43(57(92)93)15-17-45(73)62-31-47(75)67-59(102(95,96)97)103(98,99)100)61-30-46(74)64-41(55(88)89)29-36-9-11-37(12-10-36)101-34-48(76)63-40(28-35-6-2-1-3-7-35)52(83)60-19-5-4-8-38(53(84)85)65-58(94)66-39(54(86)87)13-18-49(77)78/h1-3,6-7,9-12,38-43,59H,4-5,8,13-34H2,(H,60,83)(H,61,72)(H,62,73)(H,63,76)(H,64,74)(H,67,75)(H,77,78)(H,79,80)(H,81,82)(H,84,85)(H,86,87)(H,88,89)(H,90,91)(H,92,93)(H2,65,66,94)(H2,95,96,97)(H2,98,99,100)/t38-,39-,40-,41-,42?,43?/m0/s1. The summed E-state index contributed by atoms with van der Waals surface area (Å²) in [5.41, 5.74) is -1.89. The van der Waals surface area contributed by atoms with Gasteiger partial charge in [-0.3, -0.25) is 81.5 Å². The molecule has 8 amide bonds. The first-order valence-electron chi connectivity index (χ1n) is 31.7. The molecule has 0 saturated carbocycles. The van der Waals surface area contributed by atoms with E-state index in [-0.39, 0.29) is 96.8 Å². The van der Waals surface area contributed by atoms with Gasteiger partial charge in [-0.25, -0.2) is 19.2 Å². The predicted molar refractivity (Wildman–Crippen MR) is 350 cm³/mol. The van der Waals surface area contributed by atoms with Crippen molar-refractivity contribution in [1.82, 2.24) is 62.1 Å². The van der Waals surface area contributed by atoms with E-state index >= 15 is 0 Å². The summed E-state index contributed by atoms with van der Waals surface area (Å²) in [7, 11) is -11.2. The quantitative estimate of drug-likeness (QED) is 0.0218. The molecule has 2 unspecified atom stereocenters. The molecule has 1 aliphatic heterocycles. The molecule has 1 aliphatic rings. The molecule has 42 nitrogen and oxygen atoms in total. The summed E-state index contributed by atoms with van der Waals surface area (Å²) >= 11 is 0. The van der Waals surface area contributed by atoms with Crippen molar-refractivity contribution in [2.45, 2.75) is 112 Å². The lowest BCUT2D eigenvalue weighted by Gasteiger charge is -2.37. The zero-order valence-electron chi connectivity index (χ0n) is 55.3. The minimum absolute atomic E-state index is 0.00190. The van der Waals surface area contributed by atoms with Crippen LogP contribution in [0.5, 0.6) is 5.75 Å². The van der Waals surface area contributed by atoms with Gasteiger partial charge in [0.25, 0.3) is 5.91 Å². The van der Waals surface area contributed by atoms with Crippen LogP contribution in [0.2, 0.25) is 0 Å². The van der Waals surface area contributed by atoms with Crippen molar-refractivity contribution in [3.05, 3.63) is 65.7 Å². The number of carboxylic acids is 8. The van der Waals surface area contributed by atoms with Gasteiger partial charge in [0.15, 0.2) is 6.61 Å². The highest BCUT2D eigenvalue weighted by Gasteiger charge is 2.45. The SMILES string of the molecule is O=C(O)CC[C@H](NC(=O)N[C@@H](CCCCNC(=O)[C@H](Cc1ccccc1)NC(=O)COc1ccc(C[C@H](NC(=O)CNC(=O)CCC(C(=O)O)N2CCN(CC(=O)O)CCN(C(CCC(=O)NCC(=O)NC(P(=O)(O)O)P(=O)(O)O)C(=O)O)CCN(CC(=O)O)CC2)C(=O)O)cc1)C(=O)O)C(=O)O. The van der Waals surface area contributed by atoms with Crippen LogP contribution in [-0.4, -0.2) is 303 Å². The summed E-state index contributed by atoms with van der Waals surface area (Å²) in [6, 6.07) is 4.37. The van der Waals surface area contributed by atoms with Crippen molar-refractivity contribution in [2.75, 3.05) is 91.7 Å². The minimum atomic E-state index is -5.59. The highest BCUT2D eigenvalue weighted by molar-refractivity contribution is 7.70. The summed E-state index contributed by atoms with van der Waals surface area (Å²) < 4.78 is 28.7. The van der Waals surface area contributed by atoms with Gasteiger partial charge in [-0.05, 0) is 61.8 Å². The molecule has 3 rings (SSSR count). The number of amides is 8. The Labute approximate surface area is 586 Å². The average molecular weight is 1510 g/mol. The van der Waals surface area contributed by atoms with Gasteiger partial charge >= 0.3 is 69.0 Å². The first kappa shape index (κ1) is 87.4. The van der Waals surface area contributed by atoms with Crippen molar-refractivity contribution in [1.29, 1.82) is 0 Å². The number of rotatable bonds is 44. The smallest absolute Gasteiger partial charge is 0.360 e. The maximum atomic E-state index is 13.4. The Morgan fingerprint density at radius 2 is 0.845 bits per heavy atom. The van der Waals surface area contributed by atoms with Crippen LogP contribution in [0.4, 0.5) is 4.79 Å². The van der Waals surface area contributed by atoms with Gasteiger partial charge in [-0.1, -0.05) is 42.5 Å². The third-order valence-electron chi connectivity index (χ3n) is 15.5. The molecule has 0 spiro atoms. The highest BCUT2D eigenvalue weighted by atomic mass is 31.2. The topological polar surface area (TPSA) is 651 Å². The number of benzene rings is 2. The maximum Gasteiger partial charge on any atom is 0.360 e. The Bertz CT molecular complexity index is 3330. The third-order valence-corrected chi connectivity index (χ3v) is 18.8. The summed E-state index contributed by atoms with van der Waals surface area (Å²) in [6.07, 6.45) is -3.14. The number of hydrogen-bond donors (Lipinski definition) is 20. The van der Waals surface area contributed by atoms with E-state index in [0.29, 0.717) is 11.1 Å². The monoisotopic (exact) mass is 1500 g/mol. The van der Waals surface area contributed by atoms with Crippen LogP contribution in [0.1, 0.15) is 68.9 Å². The molecule has 2 aromatic carbocycles. The second kappa shape index (κ2) is 43.9. The molecule has 1 heterocycles. The molecular weight excluding hydrogens is 1420 g/mol. The molecular formula is C59H86N12O30P2. The maximum absolute atomic E-state index is 13.4. The van der Waals surface area contributed by atoms with Gasteiger partial charge in [0.1, 0.15) is 42.0 Å². The highest BCUT2D eigenvalue weighted by Crippen LogP contribution is 2.58. The lowest BCUT2D eigenvalue weighted by atomic mass is 10.0. The van der Waals surface area contributed by atoms with Crippen LogP contribution in [0.3, 0.4) is 0 Å². The molecule has 44 heteroatoms. The fourth-order valence-corrected chi connectivity index (χ4v) is 12.4. The van der Waals surface area contributed by atoms with E-state index in [2.05, 4.69) is 26.6 Å². The summed E-state index contributed by atoms with van der Waals surface area (Å²) in [4.78, 5) is 229. The number of nitrogens with one attached hydrogen (secondary N) is 8. The van der Waals surface area contributed by atoms with E-state index in [9.17, 15) is 136 Å². The molecule has 1 saturated heterocycles. The number of ether oxygens (including phenoxy) is 1. The number of carbonyl (C=O) groups excluding carboxylic acids is 7. The lowest BCUT2D eigenvalue weighted by Crippen LogP contribution is -2.53. The van der Waals surface area contributed by atoms with Crippen LogP contribution in [-0.2, 0) is 89.1 Å². The molecule has 0 bridgehead atoms. The Morgan fingerprint density at radius 3 is 1.27 bits per heavy atom. The van der Waals surface area contributed by atoms with Gasteiger partial charge in [0.05, 0.1) is 26.2 Å². The zero-order valence-corrected chi connectivity index (χ0v) is 57.1. The second-order valence-corrected chi connectivity index (χ2v) is 27.2. The number of nitrogens with zero attached hydrogens (tertiary/aromatic N) is 4. The minimum Gasteiger partial charge on any atom is -0.484 e. The Kier molecular flexibility index (Phi) is 37.3. The number of unbranched alkanes of at least 4 members (excludes halogenated alkanes) is 1. The van der Waals surface area contributed by atoms with Crippen molar-refractivity contribution in [3.8, 4) is 5.75 Å². The third kappa shape index (κ3) is 35.1. The predicted octanol–water partition coefficient (Wildman–Crippen LogP) is -4.89. The van der Waals surface area contributed by atoms with Crippen LogP contribution in [0.25, 0.3) is 0 Å². The summed E-state index contributed by atoms with van der Waals surface area (Å²) in [5, 5.41) is 95.6.